The minimum atomic E-state index is -0.231. The van der Waals surface area contributed by atoms with Crippen molar-refractivity contribution >= 4 is 11.8 Å². The first kappa shape index (κ1) is 23.2. The van der Waals surface area contributed by atoms with Crippen molar-refractivity contribution in [2.45, 2.75) is 25.5 Å². The minimum absolute atomic E-state index is 0.0353. The van der Waals surface area contributed by atoms with Gasteiger partial charge in [0.1, 0.15) is 12.9 Å². The Bertz CT molecular complexity index is 1080. The average molecular weight is 465 g/mol. The van der Waals surface area contributed by atoms with Gasteiger partial charge in [0.25, 0.3) is 11.8 Å². The van der Waals surface area contributed by atoms with E-state index in [-0.39, 0.29) is 17.9 Å². The summed E-state index contributed by atoms with van der Waals surface area (Å²) >= 11 is 0. The molecule has 1 N–H and O–H groups in total. The van der Waals surface area contributed by atoms with Crippen LogP contribution in [0.25, 0.3) is 0 Å². The SMILES string of the molecule is COc1cc(C(=O)NC2CCN(C(=O)c3ccoc3)CC2)cc(OC)c1OCc1ccccc1. The van der Waals surface area contributed by atoms with Gasteiger partial charge >= 0.3 is 0 Å². The number of likely N-dealkylation sites (tertiary alicyclic amines) is 1. The summed E-state index contributed by atoms with van der Waals surface area (Å²) < 4.78 is 22.0. The molecule has 0 atom stereocenters. The maximum absolute atomic E-state index is 13.0. The van der Waals surface area contributed by atoms with Gasteiger partial charge in [0, 0.05) is 24.7 Å². The van der Waals surface area contributed by atoms with E-state index in [0.29, 0.717) is 60.9 Å². The van der Waals surface area contributed by atoms with E-state index in [9.17, 15) is 9.59 Å². The Hall–Kier alpha value is -3.94. The molecule has 2 aromatic carbocycles. The summed E-state index contributed by atoms with van der Waals surface area (Å²) in [5.74, 6) is 0.989. The Morgan fingerprint density at radius 2 is 1.68 bits per heavy atom. The third-order valence-electron chi connectivity index (χ3n) is 5.83. The average Bonchev–Trinajstić information content (AvgIpc) is 3.42. The summed E-state index contributed by atoms with van der Waals surface area (Å²) in [7, 11) is 3.05. The van der Waals surface area contributed by atoms with E-state index in [0.717, 1.165) is 5.56 Å². The number of nitrogens with zero attached hydrogens (tertiary/aromatic N) is 1. The van der Waals surface area contributed by atoms with Gasteiger partial charge in [-0.25, -0.2) is 0 Å². The molecule has 3 aromatic rings. The molecule has 0 spiro atoms. The second kappa shape index (κ2) is 10.8. The third kappa shape index (κ3) is 5.33. The van der Waals surface area contributed by atoms with Crippen LogP contribution in [0.2, 0.25) is 0 Å². The highest BCUT2D eigenvalue weighted by molar-refractivity contribution is 5.96. The summed E-state index contributed by atoms with van der Waals surface area (Å²) in [4.78, 5) is 27.2. The zero-order valence-corrected chi connectivity index (χ0v) is 19.3. The number of hydrogen-bond acceptors (Lipinski definition) is 6. The molecule has 1 aromatic heterocycles. The van der Waals surface area contributed by atoms with E-state index in [1.54, 1.807) is 23.1 Å². The molecule has 1 aliphatic rings. The lowest BCUT2D eigenvalue weighted by atomic mass is 10.0. The van der Waals surface area contributed by atoms with Crippen molar-refractivity contribution in [3.8, 4) is 17.2 Å². The first-order valence-corrected chi connectivity index (χ1v) is 11.1. The summed E-state index contributed by atoms with van der Waals surface area (Å²) in [6.45, 7) is 1.47. The normalized spacial score (nSPS) is 13.9. The van der Waals surface area contributed by atoms with Gasteiger partial charge in [0.15, 0.2) is 11.5 Å². The van der Waals surface area contributed by atoms with Crippen LogP contribution in [-0.4, -0.2) is 50.1 Å². The van der Waals surface area contributed by atoms with Gasteiger partial charge in [-0.05, 0) is 36.6 Å². The van der Waals surface area contributed by atoms with Gasteiger partial charge < -0.3 is 28.8 Å². The molecule has 1 aliphatic heterocycles. The van der Waals surface area contributed by atoms with Crippen molar-refractivity contribution in [3.63, 3.8) is 0 Å². The summed E-state index contributed by atoms with van der Waals surface area (Å²) in [5, 5.41) is 3.06. The molecular formula is C26H28N2O6. The number of benzene rings is 2. The number of methoxy groups -OCH3 is 2. The Kier molecular flexibility index (Phi) is 7.37. The maximum Gasteiger partial charge on any atom is 0.257 e. The molecule has 4 rings (SSSR count). The van der Waals surface area contributed by atoms with Crippen LogP contribution < -0.4 is 19.5 Å². The number of amides is 2. The lowest BCUT2D eigenvalue weighted by Gasteiger charge is -2.32. The Balaban J connectivity index is 1.39. The van der Waals surface area contributed by atoms with Crippen molar-refractivity contribution in [2.75, 3.05) is 27.3 Å². The van der Waals surface area contributed by atoms with Gasteiger partial charge in [-0.3, -0.25) is 9.59 Å². The van der Waals surface area contributed by atoms with Crippen molar-refractivity contribution in [1.82, 2.24) is 10.2 Å². The van der Waals surface area contributed by atoms with E-state index in [1.165, 1.54) is 26.7 Å². The number of rotatable bonds is 8. The van der Waals surface area contributed by atoms with Crippen LogP contribution in [0.3, 0.4) is 0 Å². The fourth-order valence-electron chi connectivity index (χ4n) is 3.95. The molecule has 2 heterocycles. The highest BCUT2D eigenvalue weighted by Crippen LogP contribution is 2.39. The monoisotopic (exact) mass is 464 g/mol. The number of piperidine rings is 1. The van der Waals surface area contributed by atoms with Crippen molar-refractivity contribution in [1.29, 1.82) is 0 Å². The van der Waals surface area contributed by atoms with Gasteiger partial charge in [-0.2, -0.15) is 0 Å². The lowest BCUT2D eigenvalue weighted by Crippen LogP contribution is -2.46. The standard InChI is InChI=1S/C26H28N2O6/c1-31-22-14-20(15-23(32-2)24(22)34-16-18-6-4-3-5-7-18)25(29)27-21-8-11-28(12-9-21)26(30)19-10-13-33-17-19/h3-7,10,13-15,17,21H,8-9,11-12,16H2,1-2H3,(H,27,29). The van der Waals surface area contributed by atoms with Crippen LogP contribution >= 0.6 is 0 Å². The molecule has 178 valence electrons. The molecule has 34 heavy (non-hydrogen) atoms. The maximum atomic E-state index is 13.0. The summed E-state index contributed by atoms with van der Waals surface area (Å²) in [6.07, 6.45) is 4.27. The van der Waals surface area contributed by atoms with E-state index in [2.05, 4.69) is 5.32 Å². The molecule has 0 radical (unpaired) electrons. The van der Waals surface area contributed by atoms with Crippen molar-refractivity contribution < 1.29 is 28.2 Å². The predicted octanol–water partition coefficient (Wildman–Crippen LogP) is 3.91. The van der Waals surface area contributed by atoms with E-state index in [1.807, 2.05) is 30.3 Å². The highest BCUT2D eigenvalue weighted by atomic mass is 16.5. The number of ether oxygens (including phenoxy) is 3. The molecule has 1 saturated heterocycles. The highest BCUT2D eigenvalue weighted by Gasteiger charge is 2.26. The number of hydrogen-bond donors (Lipinski definition) is 1. The largest absolute Gasteiger partial charge is 0.493 e. The Labute approximate surface area is 198 Å². The van der Waals surface area contributed by atoms with Crippen LogP contribution in [0.4, 0.5) is 0 Å². The first-order chi connectivity index (χ1) is 16.6. The van der Waals surface area contributed by atoms with Crippen LogP contribution in [0, 0.1) is 0 Å². The molecule has 0 saturated carbocycles. The number of furan rings is 1. The second-order valence-electron chi connectivity index (χ2n) is 8.04. The third-order valence-corrected chi connectivity index (χ3v) is 5.83. The molecule has 8 nitrogen and oxygen atoms in total. The van der Waals surface area contributed by atoms with Crippen molar-refractivity contribution in [3.05, 3.63) is 77.7 Å². The van der Waals surface area contributed by atoms with E-state index in [4.69, 9.17) is 18.6 Å². The van der Waals surface area contributed by atoms with Crippen LogP contribution in [-0.2, 0) is 6.61 Å². The molecule has 0 unspecified atom stereocenters. The van der Waals surface area contributed by atoms with Gasteiger partial charge in [-0.15, -0.1) is 0 Å². The fraction of sp³-hybridized carbons (Fsp3) is 0.308. The molecular weight excluding hydrogens is 436 g/mol. The van der Waals surface area contributed by atoms with E-state index < -0.39 is 0 Å². The van der Waals surface area contributed by atoms with Crippen LogP contribution in [0.15, 0.2) is 65.5 Å². The topological polar surface area (TPSA) is 90.2 Å². The minimum Gasteiger partial charge on any atom is -0.493 e. The smallest absolute Gasteiger partial charge is 0.257 e. The molecule has 1 fully saturated rings. The van der Waals surface area contributed by atoms with Gasteiger partial charge in [0.05, 0.1) is 26.0 Å². The van der Waals surface area contributed by atoms with E-state index >= 15 is 0 Å². The molecule has 8 heteroatoms. The summed E-state index contributed by atoms with van der Waals surface area (Å²) in [5.41, 5.74) is 1.96. The Morgan fingerprint density at radius 3 is 2.26 bits per heavy atom. The lowest BCUT2D eigenvalue weighted by molar-refractivity contribution is 0.0697. The molecule has 0 bridgehead atoms. The van der Waals surface area contributed by atoms with Gasteiger partial charge in [0.2, 0.25) is 5.75 Å². The zero-order chi connectivity index (χ0) is 23.9. The predicted molar refractivity (Wildman–Crippen MR) is 125 cm³/mol. The summed E-state index contributed by atoms with van der Waals surface area (Å²) in [6, 6.07) is 14.7. The Morgan fingerprint density at radius 1 is 1.00 bits per heavy atom. The van der Waals surface area contributed by atoms with Crippen LogP contribution in [0.5, 0.6) is 17.2 Å². The number of nitrogens with one attached hydrogen (secondary N) is 1. The van der Waals surface area contributed by atoms with Crippen molar-refractivity contribution in [2.24, 2.45) is 0 Å². The molecule has 0 aliphatic carbocycles. The zero-order valence-electron chi connectivity index (χ0n) is 19.3. The quantitative estimate of drug-likeness (QED) is 0.544. The fourth-order valence-corrected chi connectivity index (χ4v) is 3.95. The first-order valence-electron chi connectivity index (χ1n) is 11.1. The second-order valence-corrected chi connectivity index (χ2v) is 8.04. The number of carbonyl (C=O) groups excluding carboxylic acids is 2. The van der Waals surface area contributed by atoms with Gasteiger partial charge in [-0.1, -0.05) is 30.3 Å². The van der Waals surface area contributed by atoms with Crippen LogP contribution in [0.1, 0.15) is 39.1 Å². The molecule has 2 amide bonds. The number of carbonyl (C=O) groups is 2.